The second-order valence-electron chi connectivity index (χ2n) is 7.40. The first-order chi connectivity index (χ1) is 13.5. The van der Waals surface area contributed by atoms with Crippen molar-refractivity contribution in [1.29, 1.82) is 0 Å². The highest BCUT2D eigenvalue weighted by atomic mass is 35.5. The fourth-order valence-electron chi connectivity index (χ4n) is 2.80. The zero-order valence-corrected chi connectivity index (χ0v) is 17.9. The molecule has 0 spiro atoms. The Morgan fingerprint density at radius 1 is 0.897 bits per heavy atom. The summed E-state index contributed by atoms with van der Waals surface area (Å²) < 4.78 is 0. The molecule has 2 rings (SSSR count). The molecule has 158 valence electrons. The molecule has 0 aliphatic carbocycles. The number of halogens is 1. The van der Waals surface area contributed by atoms with Crippen LogP contribution in [0.4, 0.5) is 0 Å². The molecule has 5 nitrogen and oxygen atoms in total. The number of amides is 1. The molecule has 0 unspecified atom stereocenters. The Kier molecular flexibility index (Phi) is 11.0. The largest absolute Gasteiger partial charge is 0.349 e. The van der Waals surface area contributed by atoms with E-state index in [1.807, 2.05) is 44.2 Å². The fraction of sp³-hybridized carbons (Fsp3) is 0.391. The Hall–Kier alpha value is -2.37. The van der Waals surface area contributed by atoms with Crippen molar-refractivity contribution in [1.82, 2.24) is 5.48 Å². The van der Waals surface area contributed by atoms with E-state index in [1.54, 1.807) is 0 Å². The predicted molar refractivity (Wildman–Crippen MR) is 118 cm³/mol. The van der Waals surface area contributed by atoms with Gasteiger partial charge in [-0.2, -0.15) is 5.48 Å². The third kappa shape index (κ3) is 9.11. The van der Waals surface area contributed by atoms with Crippen molar-refractivity contribution in [2.24, 2.45) is 11.7 Å². The summed E-state index contributed by atoms with van der Waals surface area (Å²) in [4.78, 5) is 28.3. The highest BCUT2D eigenvalue weighted by Gasteiger charge is 2.20. The molecule has 0 fully saturated rings. The summed E-state index contributed by atoms with van der Waals surface area (Å²) >= 11 is 0. The van der Waals surface area contributed by atoms with Gasteiger partial charge in [-0.3, -0.25) is 4.79 Å². The number of aryl methyl sites for hydroxylation is 2. The minimum atomic E-state index is -0.749. The molecule has 0 aliphatic rings. The molecule has 29 heavy (non-hydrogen) atoms. The van der Waals surface area contributed by atoms with Gasteiger partial charge in [-0.05, 0) is 48.3 Å². The van der Waals surface area contributed by atoms with Gasteiger partial charge in [0, 0.05) is 0 Å². The van der Waals surface area contributed by atoms with Crippen molar-refractivity contribution in [2.75, 3.05) is 0 Å². The van der Waals surface area contributed by atoms with Gasteiger partial charge >= 0.3 is 5.97 Å². The Bertz CT molecular complexity index is 748. The van der Waals surface area contributed by atoms with Crippen LogP contribution in [0.2, 0.25) is 0 Å². The highest BCUT2D eigenvalue weighted by molar-refractivity contribution is 5.85. The number of carbonyl (C=O) groups excluding carboxylic acids is 2. The number of rotatable bonds is 9. The topological polar surface area (TPSA) is 81.4 Å². The van der Waals surface area contributed by atoms with Crippen LogP contribution < -0.4 is 11.2 Å². The van der Waals surface area contributed by atoms with Crippen molar-refractivity contribution in [2.45, 2.75) is 52.0 Å². The van der Waals surface area contributed by atoms with Gasteiger partial charge in [-0.15, -0.1) is 12.4 Å². The van der Waals surface area contributed by atoms with Crippen molar-refractivity contribution in [3.05, 3.63) is 71.3 Å². The van der Waals surface area contributed by atoms with Gasteiger partial charge in [0.2, 0.25) is 0 Å². The molecule has 1 amide bonds. The molecule has 1 atom stereocenters. The van der Waals surface area contributed by atoms with Crippen molar-refractivity contribution in [3.8, 4) is 0 Å². The molecular formula is C23H31ClN2O3. The molecular weight excluding hydrogens is 388 g/mol. The van der Waals surface area contributed by atoms with E-state index in [0.29, 0.717) is 0 Å². The average Bonchev–Trinajstić information content (AvgIpc) is 2.70. The molecule has 0 bridgehead atoms. The van der Waals surface area contributed by atoms with Crippen LogP contribution >= 0.6 is 12.4 Å². The number of carbonyl (C=O) groups is 2. The molecule has 6 heteroatoms. The molecule has 2 aromatic carbocycles. The third-order valence-electron chi connectivity index (χ3n) is 4.67. The zero-order chi connectivity index (χ0) is 20.4. The number of nitrogens with one attached hydrogen (secondary N) is 1. The minimum Gasteiger partial charge on any atom is -0.339 e. The first kappa shape index (κ1) is 24.7. The Morgan fingerprint density at radius 3 is 1.97 bits per heavy atom. The molecule has 0 saturated carbocycles. The number of hydroxylamine groups is 1. The summed E-state index contributed by atoms with van der Waals surface area (Å²) in [6.07, 6.45) is 4.54. The molecule has 3 N–H and O–H groups in total. The van der Waals surface area contributed by atoms with Crippen LogP contribution in [0.5, 0.6) is 0 Å². The molecule has 0 heterocycles. The van der Waals surface area contributed by atoms with E-state index in [1.165, 1.54) is 11.1 Å². The van der Waals surface area contributed by atoms with E-state index in [-0.39, 0.29) is 30.7 Å². The van der Waals surface area contributed by atoms with E-state index >= 15 is 0 Å². The Balaban J connectivity index is 0.00000420. The van der Waals surface area contributed by atoms with E-state index in [4.69, 9.17) is 10.6 Å². The van der Waals surface area contributed by atoms with Crippen molar-refractivity contribution in [3.63, 3.8) is 0 Å². The second-order valence-corrected chi connectivity index (χ2v) is 7.40. The van der Waals surface area contributed by atoms with Gasteiger partial charge in [-0.1, -0.05) is 68.4 Å². The normalized spacial score (nSPS) is 11.4. The molecule has 0 aromatic heterocycles. The summed E-state index contributed by atoms with van der Waals surface area (Å²) in [5.41, 5.74) is 11.3. The van der Waals surface area contributed by atoms with Gasteiger partial charge in [0.15, 0.2) is 0 Å². The van der Waals surface area contributed by atoms with E-state index in [0.717, 1.165) is 31.2 Å². The lowest BCUT2D eigenvalue weighted by atomic mass is 10.0. The quantitative estimate of drug-likeness (QED) is 0.479. The van der Waals surface area contributed by atoms with Crippen LogP contribution in [0.1, 0.15) is 43.4 Å². The van der Waals surface area contributed by atoms with Gasteiger partial charge in [0.1, 0.15) is 6.04 Å². The van der Waals surface area contributed by atoms with E-state index in [2.05, 4.69) is 29.7 Å². The maximum absolute atomic E-state index is 11.9. The molecule has 0 radical (unpaired) electrons. The van der Waals surface area contributed by atoms with Crippen molar-refractivity contribution >= 4 is 24.3 Å². The number of benzene rings is 2. The van der Waals surface area contributed by atoms with E-state index < -0.39 is 12.0 Å². The first-order valence-electron chi connectivity index (χ1n) is 9.82. The predicted octanol–water partition coefficient (Wildman–Crippen LogP) is 3.77. The van der Waals surface area contributed by atoms with E-state index in [9.17, 15) is 9.59 Å². The lowest BCUT2D eigenvalue weighted by molar-refractivity contribution is -0.160. The van der Waals surface area contributed by atoms with Gasteiger partial charge in [-0.25, -0.2) is 4.79 Å². The van der Waals surface area contributed by atoms with Crippen LogP contribution in [-0.2, 0) is 33.7 Å². The standard InChI is InChI=1S/C23H30N2O3.ClH/c1-17(2)22(24)23(27)28-25-21(26)16-20-14-12-19(13-15-20)11-7-6-10-18-8-4-3-5-9-18;/h3-5,8-9,12-15,17,22H,6-7,10-11,16,24H2,1-2H3,(H,25,26);1H/t22-;/m0./s1. The second kappa shape index (κ2) is 13.0. The number of nitrogens with two attached hydrogens (primary N) is 1. The summed E-state index contributed by atoms with van der Waals surface area (Å²) in [5, 5.41) is 0. The first-order valence-corrected chi connectivity index (χ1v) is 9.82. The van der Waals surface area contributed by atoms with Crippen LogP contribution in [0.15, 0.2) is 54.6 Å². The van der Waals surface area contributed by atoms with Crippen LogP contribution in [-0.4, -0.2) is 17.9 Å². The van der Waals surface area contributed by atoms with Gasteiger partial charge < -0.3 is 10.6 Å². The fourth-order valence-corrected chi connectivity index (χ4v) is 2.80. The zero-order valence-electron chi connectivity index (χ0n) is 17.1. The Morgan fingerprint density at radius 2 is 1.41 bits per heavy atom. The lowest BCUT2D eigenvalue weighted by Gasteiger charge is -2.14. The summed E-state index contributed by atoms with van der Waals surface area (Å²) in [6, 6.07) is 17.7. The average molecular weight is 419 g/mol. The highest BCUT2D eigenvalue weighted by Crippen LogP contribution is 2.11. The summed E-state index contributed by atoms with van der Waals surface area (Å²) in [5.74, 6) is -1.06. The van der Waals surface area contributed by atoms with Gasteiger partial charge in [0.05, 0.1) is 6.42 Å². The monoisotopic (exact) mass is 418 g/mol. The third-order valence-corrected chi connectivity index (χ3v) is 4.67. The molecule has 0 saturated heterocycles. The summed E-state index contributed by atoms with van der Waals surface area (Å²) in [7, 11) is 0. The molecule has 0 aliphatic heterocycles. The van der Waals surface area contributed by atoms with Crippen LogP contribution in [0.3, 0.4) is 0 Å². The number of hydrogen-bond donors (Lipinski definition) is 2. The maximum atomic E-state index is 11.9. The van der Waals surface area contributed by atoms with Crippen LogP contribution in [0, 0.1) is 5.92 Å². The maximum Gasteiger partial charge on any atom is 0.349 e. The SMILES string of the molecule is CC(C)[C@H](N)C(=O)ONC(=O)Cc1ccc(CCCCc2ccccc2)cc1.Cl. The smallest absolute Gasteiger partial charge is 0.339 e. The summed E-state index contributed by atoms with van der Waals surface area (Å²) in [6.45, 7) is 3.63. The van der Waals surface area contributed by atoms with Crippen LogP contribution in [0.25, 0.3) is 0 Å². The number of unbranched alkanes of at least 4 members (excludes halogenated alkanes) is 1. The van der Waals surface area contributed by atoms with Crippen molar-refractivity contribution < 1.29 is 14.4 Å². The van der Waals surface area contributed by atoms with Gasteiger partial charge in [0.25, 0.3) is 5.91 Å². The minimum absolute atomic E-state index is 0. The lowest BCUT2D eigenvalue weighted by Crippen LogP contribution is -2.41. The number of hydrogen-bond acceptors (Lipinski definition) is 4. The molecule has 2 aromatic rings. The Labute approximate surface area is 179 Å².